The molecule has 4 rings (SSSR count). The molecule has 23 heavy (non-hydrogen) atoms. The highest BCUT2D eigenvalue weighted by Gasteiger charge is 2.44. The second-order valence-corrected chi connectivity index (χ2v) is 6.97. The lowest BCUT2D eigenvalue weighted by Crippen LogP contribution is -2.47. The lowest BCUT2D eigenvalue weighted by atomic mass is 9.96. The summed E-state index contributed by atoms with van der Waals surface area (Å²) in [4.78, 5) is 18.7. The van der Waals surface area contributed by atoms with E-state index in [1.165, 1.54) is 0 Å². The van der Waals surface area contributed by atoms with Crippen LogP contribution >= 0.6 is 0 Å². The van der Waals surface area contributed by atoms with Crippen LogP contribution in [0.15, 0.2) is 0 Å². The molecular formula is C15H21F2N5O. The molecule has 2 saturated heterocycles. The topological polar surface area (TPSA) is 73.9 Å². The third kappa shape index (κ3) is 3.08. The highest BCUT2D eigenvalue weighted by atomic mass is 19.3. The zero-order valence-electron chi connectivity index (χ0n) is 12.9. The summed E-state index contributed by atoms with van der Waals surface area (Å²) >= 11 is 0. The molecule has 2 N–H and O–H groups in total. The third-order valence-corrected chi connectivity index (χ3v) is 4.99. The zero-order valence-corrected chi connectivity index (χ0v) is 12.9. The van der Waals surface area contributed by atoms with Crippen LogP contribution in [0.5, 0.6) is 0 Å². The van der Waals surface area contributed by atoms with Gasteiger partial charge in [-0.15, -0.1) is 0 Å². The van der Waals surface area contributed by atoms with Gasteiger partial charge in [0.05, 0.1) is 12.6 Å². The van der Waals surface area contributed by atoms with Gasteiger partial charge in [0.2, 0.25) is 5.91 Å². The highest BCUT2D eigenvalue weighted by Crippen LogP contribution is 2.38. The highest BCUT2D eigenvalue weighted by molar-refractivity contribution is 5.82. The number of alkyl halides is 2. The predicted molar refractivity (Wildman–Crippen MR) is 78.3 cm³/mol. The van der Waals surface area contributed by atoms with Crippen molar-refractivity contribution in [2.75, 3.05) is 19.6 Å². The van der Waals surface area contributed by atoms with Crippen LogP contribution in [0, 0.1) is 0 Å². The summed E-state index contributed by atoms with van der Waals surface area (Å²) in [6.07, 6.45) is 3.70. The van der Waals surface area contributed by atoms with Gasteiger partial charge in [0.25, 0.3) is 5.92 Å². The molecule has 0 aromatic carbocycles. The van der Waals surface area contributed by atoms with Gasteiger partial charge in [0.15, 0.2) is 5.82 Å². The first-order chi connectivity index (χ1) is 11.0. The maximum absolute atomic E-state index is 13.3. The number of amides is 1. The average Bonchev–Trinajstić information content (AvgIpc) is 3.16. The van der Waals surface area contributed by atoms with Crippen molar-refractivity contribution >= 4 is 5.91 Å². The number of rotatable bonds is 3. The van der Waals surface area contributed by atoms with E-state index >= 15 is 0 Å². The van der Waals surface area contributed by atoms with Crippen LogP contribution in [0.25, 0.3) is 0 Å². The molecule has 1 aromatic rings. The summed E-state index contributed by atoms with van der Waals surface area (Å²) in [7, 11) is 0. The Bertz CT molecular complexity index is 600. The van der Waals surface area contributed by atoms with Gasteiger partial charge in [0.1, 0.15) is 5.82 Å². The van der Waals surface area contributed by atoms with Crippen LogP contribution in [-0.2, 0) is 4.79 Å². The van der Waals surface area contributed by atoms with Gasteiger partial charge in [-0.05, 0) is 25.7 Å². The fourth-order valence-electron chi connectivity index (χ4n) is 3.51. The van der Waals surface area contributed by atoms with Crippen molar-refractivity contribution in [1.29, 1.82) is 0 Å². The second-order valence-electron chi connectivity index (χ2n) is 6.97. The minimum atomic E-state index is -2.78. The van der Waals surface area contributed by atoms with E-state index < -0.39 is 24.9 Å². The van der Waals surface area contributed by atoms with E-state index in [2.05, 4.69) is 20.5 Å². The Morgan fingerprint density at radius 3 is 2.78 bits per heavy atom. The fraction of sp³-hybridized carbons (Fsp3) is 0.800. The van der Waals surface area contributed by atoms with Gasteiger partial charge >= 0.3 is 0 Å². The second kappa shape index (κ2) is 5.51. The number of hydrogen-bond acceptors (Lipinski definition) is 4. The molecule has 1 aliphatic carbocycles. The molecule has 0 spiro atoms. The van der Waals surface area contributed by atoms with Crippen molar-refractivity contribution in [1.82, 2.24) is 25.4 Å². The molecular weight excluding hydrogens is 304 g/mol. The van der Waals surface area contributed by atoms with Crippen LogP contribution in [-0.4, -0.2) is 57.6 Å². The monoisotopic (exact) mass is 325 g/mol. The molecule has 126 valence electrons. The molecule has 2 atom stereocenters. The number of aromatic amines is 1. The molecule has 3 fully saturated rings. The van der Waals surface area contributed by atoms with Crippen LogP contribution in [0.2, 0.25) is 0 Å². The molecule has 2 aliphatic heterocycles. The van der Waals surface area contributed by atoms with E-state index in [0.717, 1.165) is 37.3 Å². The van der Waals surface area contributed by atoms with Gasteiger partial charge in [-0.2, -0.15) is 5.10 Å². The summed E-state index contributed by atoms with van der Waals surface area (Å²) in [5.74, 6) is -0.682. The molecule has 1 amide bonds. The van der Waals surface area contributed by atoms with Gasteiger partial charge in [-0.25, -0.2) is 13.8 Å². The lowest BCUT2D eigenvalue weighted by Gasteiger charge is -2.33. The van der Waals surface area contributed by atoms with Crippen molar-refractivity contribution in [3.05, 3.63) is 11.6 Å². The van der Waals surface area contributed by atoms with Crippen LogP contribution < -0.4 is 5.32 Å². The van der Waals surface area contributed by atoms with E-state index in [-0.39, 0.29) is 11.8 Å². The Kier molecular flexibility index (Phi) is 3.59. The molecule has 3 aliphatic rings. The molecule has 3 heterocycles. The first-order valence-electron chi connectivity index (χ1n) is 8.34. The summed E-state index contributed by atoms with van der Waals surface area (Å²) in [5.41, 5.74) is 0. The van der Waals surface area contributed by atoms with Gasteiger partial charge in [0, 0.05) is 31.3 Å². The van der Waals surface area contributed by atoms with Gasteiger partial charge in [-0.3, -0.25) is 15.2 Å². The minimum absolute atomic E-state index is 0.0957. The number of carbonyl (C=O) groups is 1. The number of nitrogens with zero attached hydrogens (tertiary/aromatic N) is 3. The van der Waals surface area contributed by atoms with Gasteiger partial charge in [-0.1, -0.05) is 0 Å². The van der Waals surface area contributed by atoms with Crippen molar-refractivity contribution in [2.24, 2.45) is 0 Å². The number of aromatic nitrogens is 3. The number of nitrogens with one attached hydrogen (secondary N) is 2. The first-order valence-corrected chi connectivity index (χ1v) is 8.34. The molecule has 1 saturated carbocycles. The number of H-pyrrole nitrogens is 1. The number of halogens is 2. The van der Waals surface area contributed by atoms with Crippen LogP contribution in [0.4, 0.5) is 8.78 Å². The minimum Gasteiger partial charge on any atom is -0.341 e. The molecule has 0 bridgehead atoms. The van der Waals surface area contributed by atoms with E-state index in [1.807, 2.05) is 0 Å². The number of hydrogen-bond donors (Lipinski definition) is 2. The summed E-state index contributed by atoms with van der Waals surface area (Å²) in [6, 6.07) is -0.766. The molecule has 1 aromatic heterocycles. The van der Waals surface area contributed by atoms with E-state index in [0.29, 0.717) is 19.0 Å². The Labute approximate surface area is 133 Å². The van der Waals surface area contributed by atoms with Crippen LogP contribution in [0.3, 0.4) is 0 Å². The quantitative estimate of drug-likeness (QED) is 0.881. The Morgan fingerprint density at radius 2 is 2.09 bits per heavy atom. The number of piperidine rings is 1. The Balaban J connectivity index is 1.41. The van der Waals surface area contributed by atoms with E-state index in [4.69, 9.17) is 0 Å². The SMILES string of the molecule is O=C(C1CC(F)(F)CN1)N1CCCC(c2n[nH]c(C3CC3)n2)C1. The van der Waals surface area contributed by atoms with E-state index in [9.17, 15) is 13.6 Å². The normalized spacial score (nSPS) is 30.6. The Hall–Kier alpha value is -1.57. The number of carbonyl (C=O) groups excluding carboxylic acids is 1. The Morgan fingerprint density at radius 1 is 1.26 bits per heavy atom. The van der Waals surface area contributed by atoms with E-state index in [1.54, 1.807) is 4.90 Å². The molecule has 8 heteroatoms. The maximum Gasteiger partial charge on any atom is 0.262 e. The standard InChI is InChI=1S/C15H21F2N5O/c16-15(17)6-11(18-8-15)14(23)22-5-1-2-10(7-22)13-19-12(20-21-13)9-3-4-9/h9-11,18H,1-8H2,(H,19,20,21). The van der Waals surface area contributed by atoms with Crippen molar-refractivity contribution < 1.29 is 13.6 Å². The maximum atomic E-state index is 13.3. The average molecular weight is 325 g/mol. The zero-order chi connectivity index (χ0) is 16.0. The summed E-state index contributed by atoms with van der Waals surface area (Å²) < 4.78 is 26.6. The first kappa shape index (κ1) is 15.0. The largest absolute Gasteiger partial charge is 0.341 e. The predicted octanol–water partition coefficient (Wildman–Crippen LogP) is 1.39. The van der Waals surface area contributed by atoms with Crippen molar-refractivity contribution in [2.45, 2.75) is 55.9 Å². The summed E-state index contributed by atoms with van der Waals surface area (Å²) in [5, 5.41) is 9.95. The smallest absolute Gasteiger partial charge is 0.262 e. The fourth-order valence-corrected chi connectivity index (χ4v) is 3.51. The lowest BCUT2D eigenvalue weighted by molar-refractivity contribution is -0.135. The van der Waals surface area contributed by atoms with Crippen LogP contribution in [0.1, 0.15) is 55.6 Å². The van der Waals surface area contributed by atoms with Crippen molar-refractivity contribution in [3.63, 3.8) is 0 Å². The summed E-state index contributed by atoms with van der Waals surface area (Å²) in [6.45, 7) is 0.732. The van der Waals surface area contributed by atoms with Gasteiger partial charge < -0.3 is 4.90 Å². The molecule has 6 nitrogen and oxygen atoms in total. The van der Waals surface area contributed by atoms with Crippen molar-refractivity contribution in [3.8, 4) is 0 Å². The molecule has 0 radical (unpaired) electrons. The third-order valence-electron chi connectivity index (χ3n) is 4.99. The molecule has 2 unspecified atom stereocenters. The number of likely N-dealkylation sites (tertiary alicyclic amines) is 1.